The lowest BCUT2D eigenvalue weighted by atomic mass is 9.92. The van der Waals surface area contributed by atoms with Crippen molar-refractivity contribution in [3.05, 3.63) is 22.7 Å². The first-order valence-electron chi connectivity index (χ1n) is 7.05. The first kappa shape index (κ1) is 16.4. The van der Waals surface area contributed by atoms with Crippen molar-refractivity contribution >= 4 is 23.7 Å². The van der Waals surface area contributed by atoms with E-state index in [1.165, 1.54) is 12.8 Å². The average molecular weight is 329 g/mol. The second-order valence-corrected chi connectivity index (χ2v) is 6.30. The standard InChI is InChI=1S/C14H20N4OS.ClH/c1-10(15)11-3-2-5-18(7-11)8-13-16-14(17-19-13)12-4-6-20-9-12;/h4,6,9-11H,2-3,5,7-8,15H2,1H3;1H. The minimum atomic E-state index is 0. The van der Waals surface area contributed by atoms with E-state index in [0.717, 1.165) is 25.2 Å². The lowest BCUT2D eigenvalue weighted by molar-refractivity contribution is 0.139. The van der Waals surface area contributed by atoms with Gasteiger partial charge in [-0.2, -0.15) is 16.3 Å². The summed E-state index contributed by atoms with van der Waals surface area (Å²) in [5.41, 5.74) is 7.04. The summed E-state index contributed by atoms with van der Waals surface area (Å²) in [5, 5.41) is 8.09. The maximum absolute atomic E-state index is 6.01. The molecule has 2 aromatic heterocycles. The third-order valence-electron chi connectivity index (χ3n) is 3.89. The van der Waals surface area contributed by atoms with Gasteiger partial charge in [0.05, 0.1) is 6.54 Å². The summed E-state index contributed by atoms with van der Waals surface area (Å²) in [7, 11) is 0. The Labute approximate surface area is 134 Å². The number of likely N-dealkylation sites (tertiary alicyclic amines) is 1. The summed E-state index contributed by atoms with van der Waals surface area (Å²) in [6.45, 7) is 4.92. The summed E-state index contributed by atoms with van der Waals surface area (Å²) >= 11 is 1.64. The molecule has 0 bridgehead atoms. The molecule has 2 N–H and O–H groups in total. The normalized spacial score (nSPS) is 21.0. The molecule has 2 atom stereocenters. The van der Waals surface area contributed by atoms with Crippen molar-refractivity contribution in [2.45, 2.75) is 32.4 Å². The molecular formula is C14H21ClN4OS. The van der Waals surface area contributed by atoms with Gasteiger partial charge in [0.1, 0.15) is 0 Å². The molecule has 3 heterocycles. The lowest BCUT2D eigenvalue weighted by Gasteiger charge is -2.33. The number of nitrogens with two attached hydrogens (primary N) is 1. The Bertz CT molecular complexity index is 543. The van der Waals surface area contributed by atoms with Gasteiger partial charge in [-0.05, 0) is 43.7 Å². The zero-order chi connectivity index (χ0) is 13.9. The Morgan fingerprint density at radius 2 is 2.43 bits per heavy atom. The van der Waals surface area contributed by atoms with Gasteiger partial charge in [-0.15, -0.1) is 12.4 Å². The van der Waals surface area contributed by atoms with Crippen molar-refractivity contribution in [3.63, 3.8) is 0 Å². The molecule has 1 aliphatic rings. The highest BCUT2D eigenvalue weighted by molar-refractivity contribution is 7.08. The molecule has 0 aliphatic carbocycles. The smallest absolute Gasteiger partial charge is 0.241 e. The molecule has 2 aromatic rings. The predicted molar refractivity (Wildman–Crippen MR) is 86.5 cm³/mol. The molecule has 0 aromatic carbocycles. The van der Waals surface area contributed by atoms with Crippen LogP contribution in [0.3, 0.4) is 0 Å². The first-order chi connectivity index (χ1) is 9.72. The minimum absolute atomic E-state index is 0. The summed E-state index contributed by atoms with van der Waals surface area (Å²) < 4.78 is 5.36. The van der Waals surface area contributed by atoms with Crippen LogP contribution in [0, 0.1) is 5.92 Å². The van der Waals surface area contributed by atoms with Crippen LogP contribution in [0.4, 0.5) is 0 Å². The van der Waals surface area contributed by atoms with Gasteiger partial charge in [0.2, 0.25) is 11.7 Å². The minimum Gasteiger partial charge on any atom is -0.338 e. The fourth-order valence-corrected chi connectivity index (χ4v) is 3.32. The SMILES string of the molecule is CC(N)C1CCCN(Cc2nc(-c3ccsc3)no2)C1.Cl. The third-order valence-corrected chi connectivity index (χ3v) is 4.58. The molecule has 1 fully saturated rings. The number of piperidine rings is 1. The molecule has 7 heteroatoms. The van der Waals surface area contributed by atoms with Gasteiger partial charge >= 0.3 is 0 Å². The number of halogens is 1. The van der Waals surface area contributed by atoms with Crippen molar-refractivity contribution in [2.75, 3.05) is 13.1 Å². The fourth-order valence-electron chi connectivity index (χ4n) is 2.68. The molecule has 2 unspecified atom stereocenters. The quantitative estimate of drug-likeness (QED) is 0.934. The maximum Gasteiger partial charge on any atom is 0.241 e. The maximum atomic E-state index is 6.01. The Balaban J connectivity index is 0.00000161. The molecule has 1 saturated heterocycles. The number of thiophene rings is 1. The van der Waals surface area contributed by atoms with E-state index in [4.69, 9.17) is 10.3 Å². The van der Waals surface area contributed by atoms with Gasteiger partial charge in [0, 0.05) is 23.5 Å². The lowest BCUT2D eigenvalue weighted by Crippen LogP contribution is -2.41. The van der Waals surface area contributed by atoms with Crippen molar-refractivity contribution in [1.29, 1.82) is 0 Å². The molecule has 0 radical (unpaired) electrons. The molecule has 5 nitrogen and oxygen atoms in total. The van der Waals surface area contributed by atoms with Gasteiger partial charge in [-0.25, -0.2) is 0 Å². The largest absolute Gasteiger partial charge is 0.338 e. The van der Waals surface area contributed by atoms with Crippen LogP contribution in [0.2, 0.25) is 0 Å². The summed E-state index contributed by atoms with van der Waals surface area (Å²) in [6.07, 6.45) is 2.41. The molecule has 0 saturated carbocycles. The first-order valence-corrected chi connectivity index (χ1v) is 8.00. The molecule has 1 aliphatic heterocycles. The molecule has 116 valence electrons. The van der Waals surface area contributed by atoms with Crippen LogP contribution in [-0.2, 0) is 6.54 Å². The second kappa shape index (κ2) is 7.35. The van der Waals surface area contributed by atoms with Crippen LogP contribution in [-0.4, -0.2) is 34.2 Å². The zero-order valence-electron chi connectivity index (χ0n) is 12.1. The van der Waals surface area contributed by atoms with Crippen LogP contribution in [0.15, 0.2) is 21.3 Å². The van der Waals surface area contributed by atoms with Crippen molar-refractivity contribution in [3.8, 4) is 11.4 Å². The zero-order valence-corrected chi connectivity index (χ0v) is 13.7. The van der Waals surface area contributed by atoms with E-state index in [0.29, 0.717) is 17.6 Å². The van der Waals surface area contributed by atoms with Crippen LogP contribution in [0.5, 0.6) is 0 Å². The number of hydrogen-bond donors (Lipinski definition) is 1. The average Bonchev–Trinajstić information content (AvgIpc) is 3.09. The van der Waals surface area contributed by atoms with Crippen molar-refractivity contribution in [2.24, 2.45) is 11.7 Å². The highest BCUT2D eigenvalue weighted by Gasteiger charge is 2.24. The Morgan fingerprint density at radius 3 is 3.14 bits per heavy atom. The molecule has 21 heavy (non-hydrogen) atoms. The van der Waals surface area contributed by atoms with E-state index in [-0.39, 0.29) is 18.4 Å². The van der Waals surface area contributed by atoms with Crippen LogP contribution in [0.1, 0.15) is 25.7 Å². The monoisotopic (exact) mass is 328 g/mol. The van der Waals surface area contributed by atoms with Crippen LogP contribution < -0.4 is 5.73 Å². The van der Waals surface area contributed by atoms with Crippen LogP contribution >= 0.6 is 23.7 Å². The van der Waals surface area contributed by atoms with E-state index in [1.54, 1.807) is 11.3 Å². The third kappa shape index (κ3) is 4.03. The number of aromatic nitrogens is 2. The van der Waals surface area contributed by atoms with Gasteiger partial charge in [-0.1, -0.05) is 5.16 Å². The van der Waals surface area contributed by atoms with Crippen molar-refractivity contribution < 1.29 is 4.52 Å². The Kier molecular flexibility index (Phi) is 5.75. The molecule has 3 rings (SSSR count). The summed E-state index contributed by atoms with van der Waals surface area (Å²) in [6, 6.07) is 2.26. The molecule has 0 spiro atoms. The van der Waals surface area contributed by atoms with Gasteiger partial charge in [-0.3, -0.25) is 4.90 Å². The Hall–Kier alpha value is -0.950. The van der Waals surface area contributed by atoms with E-state index in [9.17, 15) is 0 Å². The number of hydrogen-bond acceptors (Lipinski definition) is 6. The number of rotatable bonds is 4. The van der Waals surface area contributed by atoms with Gasteiger partial charge in [0.15, 0.2) is 0 Å². The van der Waals surface area contributed by atoms with Crippen LogP contribution in [0.25, 0.3) is 11.4 Å². The Morgan fingerprint density at radius 1 is 1.57 bits per heavy atom. The number of nitrogens with zero attached hydrogens (tertiary/aromatic N) is 3. The summed E-state index contributed by atoms with van der Waals surface area (Å²) in [4.78, 5) is 6.84. The second-order valence-electron chi connectivity index (χ2n) is 5.52. The topological polar surface area (TPSA) is 68.2 Å². The van der Waals surface area contributed by atoms with E-state index in [2.05, 4.69) is 22.0 Å². The van der Waals surface area contributed by atoms with Crippen molar-refractivity contribution in [1.82, 2.24) is 15.0 Å². The molecule has 0 amide bonds. The fraction of sp³-hybridized carbons (Fsp3) is 0.571. The van der Waals surface area contributed by atoms with E-state index < -0.39 is 0 Å². The van der Waals surface area contributed by atoms with E-state index in [1.807, 2.05) is 16.8 Å². The van der Waals surface area contributed by atoms with E-state index >= 15 is 0 Å². The highest BCUT2D eigenvalue weighted by Crippen LogP contribution is 2.22. The molecular weight excluding hydrogens is 308 g/mol. The van der Waals surface area contributed by atoms with Gasteiger partial charge in [0.25, 0.3) is 0 Å². The van der Waals surface area contributed by atoms with Gasteiger partial charge < -0.3 is 10.3 Å². The predicted octanol–water partition coefficient (Wildman–Crippen LogP) is 2.78. The highest BCUT2D eigenvalue weighted by atomic mass is 35.5. The summed E-state index contributed by atoms with van der Waals surface area (Å²) in [5.74, 6) is 1.95.